The number of carboxylic acid groups (broad SMARTS) is 1. The van der Waals surface area contributed by atoms with E-state index in [-0.39, 0.29) is 5.69 Å². The summed E-state index contributed by atoms with van der Waals surface area (Å²) >= 11 is 0. The highest BCUT2D eigenvalue weighted by molar-refractivity contribution is 5.86. The molecule has 3 N–H and O–H groups in total. The molecule has 0 saturated carbocycles. The molecule has 0 spiro atoms. The van der Waals surface area contributed by atoms with Crippen LogP contribution >= 0.6 is 0 Å². The Kier molecular flexibility index (Phi) is 4.79. The Morgan fingerprint density at radius 3 is 2.59 bits per heavy atom. The molecular formula is C22H18N8O2. The predicted octanol–water partition coefficient (Wildman–Crippen LogP) is 3.20. The molecule has 32 heavy (non-hydrogen) atoms. The third kappa shape index (κ3) is 3.65. The van der Waals surface area contributed by atoms with Crippen molar-refractivity contribution in [1.82, 2.24) is 35.0 Å². The van der Waals surface area contributed by atoms with Gasteiger partial charge in [0.1, 0.15) is 5.82 Å². The quantitative estimate of drug-likeness (QED) is 0.377. The number of aromatic amines is 1. The van der Waals surface area contributed by atoms with Gasteiger partial charge < -0.3 is 10.4 Å². The Morgan fingerprint density at radius 2 is 1.88 bits per heavy atom. The SMILES string of the molecule is Cc1cc(NCc2ccc(-c3ccccc3-c3nn[nH]n3)cc2)n2cc(C(=O)O)nc2n1. The van der Waals surface area contributed by atoms with Gasteiger partial charge >= 0.3 is 5.97 Å². The lowest BCUT2D eigenvalue weighted by atomic mass is 9.98. The van der Waals surface area contributed by atoms with Gasteiger partial charge in [0, 0.05) is 30.1 Å². The number of imidazole rings is 1. The number of carbonyl (C=O) groups is 1. The third-order valence-corrected chi connectivity index (χ3v) is 5.04. The maximum absolute atomic E-state index is 11.3. The highest BCUT2D eigenvalue weighted by atomic mass is 16.4. The number of anilines is 1. The minimum Gasteiger partial charge on any atom is -0.476 e. The molecule has 2 aromatic carbocycles. The Labute approximate surface area is 182 Å². The summed E-state index contributed by atoms with van der Waals surface area (Å²) in [6.45, 7) is 2.39. The molecule has 5 aromatic rings. The van der Waals surface area contributed by atoms with Crippen molar-refractivity contribution in [1.29, 1.82) is 0 Å². The first-order valence-corrected chi connectivity index (χ1v) is 9.84. The number of rotatable bonds is 6. The molecule has 10 nitrogen and oxygen atoms in total. The number of carboxylic acids is 1. The zero-order chi connectivity index (χ0) is 22.1. The minimum absolute atomic E-state index is 0.0456. The fourth-order valence-corrected chi connectivity index (χ4v) is 3.52. The summed E-state index contributed by atoms with van der Waals surface area (Å²) in [5.41, 5.74) is 4.71. The van der Waals surface area contributed by atoms with Gasteiger partial charge in [0.25, 0.3) is 0 Å². The van der Waals surface area contributed by atoms with E-state index in [0.29, 0.717) is 18.1 Å². The molecule has 3 aromatic heterocycles. The van der Waals surface area contributed by atoms with Crippen LogP contribution in [0.25, 0.3) is 28.3 Å². The lowest BCUT2D eigenvalue weighted by molar-refractivity contribution is 0.0691. The van der Waals surface area contributed by atoms with Crippen LogP contribution in [-0.2, 0) is 6.54 Å². The molecule has 0 bridgehead atoms. The van der Waals surface area contributed by atoms with E-state index >= 15 is 0 Å². The van der Waals surface area contributed by atoms with Crippen molar-refractivity contribution in [3.05, 3.63) is 77.7 Å². The first-order valence-electron chi connectivity index (χ1n) is 9.84. The first-order chi connectivity index (χ1) is 15.6. The van der Waals surface area contributed by atoms with E-state index < -0.39 is 5.97 Å². The zero-order valence-electron chi connectivity index (χ0n) is 17.0. The van der Waals surface area contributed by atoms with Gasteiger partial charge in [0.15, 0.2) is 5.69 Å². The van der Waals surface area contributed by atoms with E-state index in [4.69, 9.17) is 0 Å². The molecule has 5 rings (SSSR count). The summed E-state index contributed by atoms with van der Waals surface area (Å²) in [5.74, 6) is 0.526. The molecule has 158 valence electrons. The van der Waals surface area contributed by atoms with Gasteiger partial charge in [-0.25, -0.2) is 14.8 Å². The second-order valence-corrected chi connectivity index (χ2v) is 7.22. The van der Waals surface area contributed by atoms with Crippen LogP contribution in [0.5, 0.6) is 0 Å². The maximum atomic E-state index is 11.3. The number of nitrogens with one attached hydrogen (secondary N) is 2. The lowest BCUT2D eigenvalue weighted by Crippen LogP contribution is -2.05. The summed E-state index contributed by atoms with van der Waals surface area (Å²) < 4.78 is 1.64. The molecule has 0 aliphatic carbocycles. The van der Waals surface area contributed by atoms with E-state index in [0.717, 1.165) is 33.8 Å². The van der Waals surface area contributed by atoms with Crippen LogP contribution in [0.15, 0.2) is 60.8 Å². The van der Waals surface area contributed by atoms with Crippen LogP contribution in [0.1, 0.15) is 21.7 Å². The highest BCUT2D eigenvalue weighted by Crippen LogP contribution is 2.29. The Hall–Kier alpha value is -4.60. The highest BCUT2D eigenvalue weighted by Gasteiger charge is 2.13. The summed E-state index contributed by atoms with van der Waals surface area (Å²) in [6, 6.07) is 17.9. The largest absolute Gasteiger partial charge is 0.476 e. The second kappa shape index (κ2) is 7.91. The number of hydrogen-bond acceptors (Lipinski definition) is 7. The number of aryl methyl sites for hydroxylation is 1. The van der Waals surface area contributed by atoms with Gasteiger partial charge in [0.2, 0.25) is 11.6 Å². The molecule has 3 heterocycles. The van der Waals surface area contributed by atoms with Crippen LogP contribution in [0.2, 0.25) is 0 Å². The van der Waals surface area contributed by atoms with Crippen molar-refractivity contribution in [3.8, 4) is 22.5 Å². The third-order valence-electron chi connectivity index (χ3n) is 5.04. The topological polar surface area (TPSA) is 134 Å². The van der Waals surface area contributed by atoms with Crippen molar-refractivity contribution in [2.75, 3.05) is 5.32 Å². The molecular weight excluding hydrogens is 408 g/mol. The number of tetrazole rings is 1. The molecule has 0 saturated heterocycles. The van der Waals surface area contributed by atoms with E-state index in [9.17, 15) is 9.90 Å². The summed E-state index contributed by atoms with van der Waals surface area (Å²) in [5, 5.41) is 26.9. The average molecular weight is 426 g/mol. The summed E-state index contributed by atoms with van der Waals surface area (Å²) in [6.07, 6.45) is 1.46. The van der Waals surface area contributed by atoms with Crippen molar-refractivity contribution in [3.63, 3.8) is 0 Å². The Morgan fingerprint density at radius 1 is 1.09 bits per heavy atom. The van der Waals surface area contributed by atoms with Gasteiger partial charge in [-0.3, -0.25) is 4.40 Å². The molecule has 0 atom stereocenters. The molecule has 0 unspecified atom stereocenters. The van der Waals surface area contributed by atoms with E-state index in [2.05, 4.69) is 35.9 Å². The number of H-pyrrole nitrogens is 1. The molecule has 0 aliphatic heterocycles. The van der Waals surface area contributed by atoms with Crippen LogP contribution in [0.4, 0.5) is 5.82 Å². The van der Waals surface area contributed by atoms with E-state index in [1.54, 1.807) is 4.40 Å². The summed E-state index contributed by atoms with van der Waals surface area (Å²) in [4.78, 5) is 19.6. The fourth-order valence-electron chi connectivity index (χ4n) is 3.52. The summed E-state index contributed by atoms with van der Waals surface area (Å²) in [7, 11) is 0. The molecule has 0 amide bonds. The average Bonchev–Trinajstić information content (AvgIpc) is 3.48. The van der Waals surface area contributed by atoms with Crippen molar-refractivity contribution >= 4 is 17.6 Å². The Bertz CT molecular complexity index is 1410. The smallest absolute Gasteiger partial charge is 0.356 e. The zero-order valence-corrected chi connectivity index (χ0v) is 17.0. The molecule has 0 fully saturated rings. The van der Waals surface area contributed by atoms with Gasteiger partial charge in [0.05, 0.1) is 0 Å². The normalized spacial score (nSPS) is 11.0. The minimum atomic E-state index is -1.09. The van der Waals surface area contributed by atoms with E-state index in [1.165, 1.54) is 6.20 Å². The second-order valence-electron chi connectivity index (χ2n) is 7.22. The number of benzene rings is 2. The molecule has 0 aliphatic rings. The van der Waals surface area contributed by atoms with Crippen LogP contribution in [-0.4, -0.2) is 46.1 Å². The van der Waals surface area contributed by atoms with Gasteiger partial charge in [-0.2, -0.15) is 5.21 Å². The van der Waals surface area contributed by atoms with Crippen molar-refractivity contribution in [2.45, 2.75) is 13.5 Å². The van der Waals surface area contributed by atoms with Gasteiger partial charge in [-0.1, -0.05) is 48.5 Å². The van der Waals surface area contributed by atoms with Crippen LogP contribution in [0.3, 0.4) is 0 Å². The van der Waals surface area contributed by atoms with Gasteiger partial charge in [-0.05, 0) is 28.8 Å². The van der Waals surface area contributed by atoms with Gasteiger partial charge in [-0.15, -0.1) is 10.2 Å². The number of hydrogen-bond donors (Lipinski definition) is 3. The van der Waals surface area contributed by atoms with Crippen molar-refractivity contribution < 1.29 is 9.90 Å². The first kappa shape index (κ1) is 19.4. The predicted molar refractivity (Wildman–Crippen MR) is 117 cm³/mol. The van der Waals surface area contributed by atoms with E-state index in [1.807, 2.05) is 61.5 Å². The van der Waals surface area contributed by atoms with Crippen LogP contribution in [0, 0.1) is 6.92 Å². The fraction of sp³-hybridized carbons (Fsp3) is 0.0909. The Balaban J connectivity index is 1.39. The molecule has 0 radical (unpaired) electrons. The van der Waals surface area contributed by atoms with Crippen LogP contribution < -0.4 is 5.32 Å². The lowest BCUT2D eigenvalue weighted by Gasteiger charge is -2.11. The number of fused-ring (bicyclic) bond motifs is 1. The van der Waals surface area contributed by atoms with Crippen molar-refractivity contribution in [2.24, 2.45) is 0 Å². The number of aromatic nitrogens is 7. The monoisotopic (exact) mass is 426 g/mol. The molecule has 10 heteroatoms. The number of nitrogens with zero attached hydrogens (tertiary/aromatic N) is 6. The standard InChI is InChI=1S/C22H18N8O2/c1-13-10-19(30-12-18(21(31)32)25-22(30)24-13)23-11-14-6-8-15(9-7-14)16-4-2-3-5-17(16)20-26-28-29-27-20/h2-10,12,23H,11H2,1H3,(H,31,32)(H,26,27,28,29). The number of aromatic carboxylic acids is 1. The maximum Gasteiger partial charge on any atom is 0.356 e.